The smallest absolute Gasteiger partial charge is 0.305 e. The van der Waals surface area contributed by atoms with Crippen molar-refractivity contribution in [1.82, 2.24) is 5.32 Å². The largest absolute Gasteiger partial charge is 0.481 e. The molecule has 1 rings (SSSR count). The number of benzene rings is 1. The number of nitrogens with zero attached hydrogens (tertiary/aromatic N) is 1. The van der Waals surface area contributed by atoms with Gasteiger partial charge in [0.2, 0.25) is 0 Å². The van der Waals surface area contributed by atoms with Gasteiger partial charge in [-0.15, -0.1) is 0 Å². The zero-order chi connectivity index (χ0) is 15.3. The number of nitrogens with one attached hydrogen (secondary N) is 1. The maximum absolute atomic E-state index is 12.1. The molecule has 0 spiro atoms. The van der Waals surface area contributed by atoms with Crippen LogP contribution in [0.3, 0.4) is 0 Å². The second kappa shape index (κ2) is 6.65. The number of aliphatic carboxylic acids is 1. The lowest BCUT2D eigenvalue weighted by atomic mass is 10.1. The highest BCUT2D eigenvalue weighted by atomic mass is 16.6. The minimum absolute atomic E-state index is 0.0566. The quantitative estimate of drug-likeness (QED) is 0.610. The van der Waals surface area contributed by atoms with Crippen LogP contribution in [0.4, 0.5) is 5.69 Å². The second-order valence-corrected chi connectivity index (χ2v) is 4.45. The highest BCUT2D eigenvalue weighted by Gasteiger charge is 2.22. The summed E-state index contributed by atoms with van der Waals surface area (Å²) in [4.78, 5) is 33.0. The average Bonchev–Trinajstić information content (AvgIpc) is 2.36. The Hall–Kier alpha value is -2.44. The van der Waals surface area contributed by atoms with E-state index in [4.69, 9.17) is 5.11 Å². The lowest BCUT2D eigenvalue weighted by molar-refractivity contribution is -0.385. The zero-order valence-electron chi connectivity index (χ0n) is 11.3. The fraction of sp³-hybridized carbons (Fsp3) is 0.385. The molecule has 0 saturated carbocycles. The summed E-state index contributed by atoms with van der Waals surface area (Å²) < 4.78 is 0. The molecular weight excluding hydrogens is 264 g/mol. The number of rotatable bonds is 6. The molecule has 0 radical (unpaired) electrons. The predicted octanol–water partition coefficient (Wildman–Crippen LogP) is 1.89. The van der Waals surface area contributed by atoms with Gasteiger partial charge in [0.25, 0.3) is 11.6 Å². The number of carboxylic acid groups (broad SMARTS) is 1. The van der Waals surface area contributed by atoms with Crippen LogP contribution in [0.5, 0.6) is 0 Å². The summed E-state index contributed by atoms with van der Waals surface area (Å²) >= 11 is 0. The molecule has 1 atom stereocenters. The summed E-state index contributed by atoms with van der Waals surface area (Å²) in [5.74, 6) is -1.66. The summed E-state index contributed by atoms with van der Waals surface area (Å²) in [5, 5.41) is 22.1. The van der Waals surface area contributed by atoms with Crippen LogP contribution in [0.25, 0.3) is 0 Å². The van der Waals surface area contributed by atoms with Crippen molar-refractivity contribution in [2.24, 2.45) is 0 Å². The normalized spacial score (nSPS) is 11.7. The van der Waals surface area contributed by atoms with Crippen LogP contribution in [0.2, 0.25) is 0 Å². The Morgan fingerprint density at radius 1 is 1.45 bits per heavy atom. The van der Waals surface area contributed by atoms with Crippen LogP contribution in [-0.4, -0.2) is 27.9 Å². The van der Waals surface area contributed by atoms with E-state index in [1.165, 1.54) is 12.1 Å². The fourth-order valence-corrected chi connectivity index (χ4v) is 1.76. The lowest BCUT2D eigenvalue weighted by Gasteiger charge is -2.15. The fourth-order valence-electron chi connectivity index (χ4n) is 1.76. The minimum atomic E-state index is -1.03. The van der Waals surface area contributed by atoms with Crippen LogP contribution in [0, 0.1) is 17.0 Å². The maximum atomic E-state index is 12.1. The van der Waals surface area contributed by atoms with Crippen molar-refractivity contribution in [1.29, 1.82) is 0 Å². The monoisotopic (exact) mass is 280 g/mol. The molecule has 0 heterocycles. The lowest BCUT2D eigenvalue weighted by Crippen LogP contribution is -2.36. The first kappa shape index (κ1) is 15.6. The Kier molecular flexibility index (Phi) is 5.19. The molecule has 2 N–H and O–H groups in total. The summed E-state index contributed by atoms with van der Waals surface area (Å²) in [6.45, 7) is 3.45. The first-order valence-corrected chi connectivity index (χ1v) is 6.12. The van der Waals surface area contributed by atoms with E-state index in [1.807, 2.05) is 0 Å². The third-order valence-corrected chi connectivity index (χ3v) is 2.84. The van der Waals surface area contributed by atoms with Gasteiger partial charge in [-0.3, -0.25) is 19.7 Å². The second-order valence-electron chi connectivity index (χ2n) is 4.45. The molecule has 0 fully saturated rings. The molecule has 0 aliphatic heterocycles. The molecule has 1 amide bonds. The SMILES string of the molecule is CCC(CC(=O)O)NC(=O)c1cc(C)ccc1[N+](=O)[O-]. The topological polar surface area (TPSA) is 110 Å². The molecule has 0 saturated heterocycles. The van der Waals surface area contributed by atoms with Gasteiger partial charge in [0, 0.05) is 12.1 Å². The number of amides is 1. The van der Waals surface area contributed by atoms with Gasteiger partial charge in [-0.1, -0.05) is 13.0 Å². The minimum Gasteiger partial charge on any atom is -0.481 e. The van der Waals surface area contributed by atoms with Gasteiger partial charge in [0.05, 0.1) is 11.3 Å². The molecule has 1 aromatic carbocycles. The van der Waals surface area contributed by atoms with Crippen molar-refractivity contribution in [3.8, 4) is 0 Å². The number of carboxylic acids is 1. The Morgan fingerprint density at radius 3 is 2.60 bits per heavy atom. The van der Waals surface area contributed by atoms with Crippen molar-refractivity contribution >= 4 is 17.6 Å². The Morgan fingerprint density at radius 2 is 2.10 bits per heavy atom. The molecule has 1 unspecified atom stereocenters. The van der Waals surface area contributed by atoms with Crippen molar-refractivity contribution in [2.75, 3.05) is 0 Å². The van der Waals surface area contributed by atoms with Gasteiger partial charge in [-0.25, -0.2) is 0 Å². The summed E-state index contributed by atoms with van der Waals surface area (Å²) in [5.41, 5.74) is 0.365. The van der Waals surface area contributed by atoms with E-state index < -0.39 is 22.8 Å². The molecule has 0 aliphatic rings. The molecule has 0 bridgehead atoms. The number of hydrogen-bond donors (Lipinski definition) is 2. The average molecular weight is 280 g/mol. The molecule has 0 aromatic heterocycles. The molecular formula is C13H16N2O5. The highest BCUT2D eigenvalue weighted by molar-refractivity contribution is 5.98. The van der Waals surface area contributed by atoms with Gasteiger partial charge >= 0.3 is 5.97 Å². The van der Waals surface area contributed by atoms with Gasteiger partial charge in [0.1, 0.15) is 5.56 Å². The van der Waals surface area contributed by atoms with Gasteiger partial charge in [0.15, 0.2) is 0 Å². The van der Waals surface area contributed by atoms with E-state index >= 15 is 0 Å². The first-order chi connectivity index (χ1) is 9.35. The number of carbonyl (C=O) groups is 2. The van der Waals surface area contributed by atoms with Crippen LogP contribution in [-0.2, 0) is 4.79 Å². The van der Waals surface area contributed by atoms with Crippen LogP contribution in [0.1, 0.15) is 35.7 Å². The van der Waals surface area contributed by atoms with Crippen molar-refractivity contribution in [3.63, 3.8) is 0 Å². The molecule has 1 aromatic rings. The van der Waals surface area contributed by atoms with Crippen molar-refractivity contribution in [2.45, 2.75) is 32.7 Å². The molecule has 7 heteroatoms. The first-order valence-electron chi connectivity index (χ1n) is 6.12. The standard InChI is InChI=1S/C13H16N2O5/c1-3-9(7-12(16)17)14-13(18)10-6-8(2)4-5-11(10)15(19)20/h4-6,9H,3,7H2,1-2H3,(H,14,18)(H,16,17). The molecule has 108 valence electrons. The van der Waals surface area contributed by atoms with E-state index in [0.717, 1.165) is 0 Å². The van der Waals surface area contributed by atoms with Gasteiger partial charge in [-0.05, 0) is 25.0 Å². The number of nitro groups is 1. The Bertz CT molecular complexity index is 542. The zero-order valence-corrected chi connectivity index (χ0v) is 11.3. The van der Waals surface area contributed by atoms with Gasteiger partial charge < -0.3 is 10.4 Å². The summed E-state index contributed by atoms with van der Waals surface area (Å²) in [7, 11) is 0. The number of carbonyl (C=O) groups excluding carboxylic acids is 1. The summed E-state index contributed by atoms with van der Waals surface area (Å²) in [6, 6.07) is 3.67. The molecule has 20 heavy (non-hydrogen) atoms. The third kappa shape index (κ3) is 4.04. The van der Waals surface area contributed by atoms with Crippen LogP contribution >= 0.6 is 0 Å². The predicted molar refractivity (Wildman–Crippen MR) is 71.6 cm³/mol. The number of nitro benzene ring substituents is 1. The molecule has 7 nitrogen and oxygen atoms in total. The number of aryl methyl sites for hydroxylation is 1. The van der Waals surface area contributed by atoms with E-state index in [-0.39, 0.29) is 17.7 Å². The number of hydrogen-bond acceptors (Lipinski definition) is 4. The Balaban J connectivity index is 2.99. The highest BCUT2D eigenvalue weighted by Crippen LogP contribution is 2.20. The van der Waals surface area contributed by atoms with Crippen LogP contribution < -0.4 is 5.32 Å². The maximum Gasteiger partial charge on any atom is 0.305 e. The van der Waals surface area contributed by atoms with E-state index in [1.54, 1.807) is 19.9 Å². The van der Waals surface area contributed by atoms with Gasteiger partial charge in [-0.2, -0.15) is 0 Å². The summed E-state index contributed by atoms with van der Waals surface area (Å²) in [6.07, 6.45) is 0.208. The van der Waals surface area contributed by atoms with Crippen molar-refractivity contribution < 1.29 is 19.6 Å². The van der Waals surface area contributed by atoms with Crippen LogP contribution in [0.15, 0.2) is 18.2 Å². The van der Waals surface area contributed by atoms with E-state index in [0.29, 0.717) is 12.0 Å². The van der Waals surface area contributed by atoms with E-state index in [9.17, 15) is 19.7 Å². The van der Waals surface area contributed by atoms with E-state index in [2.05, 4.69) is 5.32 Å². The van der Waals surface area contributed by atoms with Crippen molar-refractivity contribution in [3.05, 3.63) is 39.4 Å². The molecule has 0 aliphatic carbocycles. The Labute approximate surface area is 115 Å². The third-order valence-electron chi connectivity index (χ3n) is 2.84.